The van der Waals surface area contributed by atoms with E-state index in [0.717, 1.165) is 6.92 Å². The van der Waals surface area contributed by atoms with Gasteiger partial charge in [0.1, 0.15) is 24.4 Å². The molecule has 1 fully saturated rings. The lowest BCUT2D eigenvalue weighted by Crippen LogP contribution is -2.63. The zero-order valence-corrected chi connectivity index (χ0v) is 7.16. The molecule has 0 amide bonds. The fraction of sp³-hybridized carbons (Fsp3) is 1.00. The van der Waals surface area contributed by atoms with Crippen LogP contribution in [-0.4, -0.2) is 62.3 Å². The normalized spacial score (nSPS) is 52.2. The van der Waals surface area contributed by atoms with Gasteiger partial charge in [0.25, 0.3) is 0 Å². The smallest absolute Gasteiger partial charge is 0.192 e. The summed E-state index contributed by atoms with van der Waals surface area (Å²) in [6.45, 7) is 0.608. The Bertz CT molecular complexity index is 180. The molecule has 6 nitrogen and oxygen atoms in total. The number of ether oxygens (including phenoxy) is 1. The van der Waals surface area contributed by atoms with E-state index in [1.165, 1.54) is 0 Å². The van der Waals surface area contributed by atoms with Crippen molar-refractivity contribution in [1.29, 1.82) is 0 Å². The van der Waals surface area contributed by atoms with Crippen LogP contribution in [0.1, 0.15) is 6.92 Å². The fourth-order valence-electron chi connectivity index (χ4n) is 1.31. The molecule has 0 aromatic carbocycles. The van der Waals surface area contributed by atoms with Crippen LogP contribution in [0.2, 0.25) is 0 Å². The summed E-state index contributed by atoms with van der Waals surface area (Å²) >= 11 is 0. The lowest BCUT2D eigenvalue weighted by molar-refractivity contribution is -0.341. The van der Waals surface area contributed by atoms with E-state index in [9.17, 15) is 20.4 Å². The lowest BCUT2D eigenvalue weighted by Gasteiger charge is -2.43. The van der Waals surface area contributed by atoms with Gasteiger partial charge in [-0.1, -0.05) is 0 Å². The molecule has 0 radical (unpaired) electrons. The minimum atomic E-state index is -1.95. The quantitative estimate of drug-likeness (QED) is 0.308. The Morgan fingerprint density at radius 2 is 1.77 bits per heavy atom. The molecule has 1 heterocycles. The second-order valence-electron chi connectivity index (χ2n) is 3.32. The lowest BCUT2D eigenvalue weighted by atomic mass is 9.94. The molecule has 78 valence electrons. The molecule has 13 heavy (non-hydrogen) atoms. The molecule has 1 aliphatic rings. The Hall–Kier alpha value is -0.240. The molecule has 1 saturated heterocycles. The van der Waals surface area contributed by atoms with Gasteiger partial charge in [0.15, 0.2) is 5.79 Å². The van der Waals surface area contributed by atoms with E-state index in [2.05, 4.69) is 0 Å². The summed E-state index contributed by atoms with van der Waals surface area (Å²) in [6.07, 6.45) is -5.61. The van der Waals surface area contributed by atoms with Crippen molar-refractivity contribution in [2.75, 3.05) is 6.61 Å². The molecular formula is C7H14O6. The molecule has 1 unspecified atom stereocenters. The molecule has 0 aromatic heterocycles. The first-order valence-corrected chi connectivity index (χ1v) is 3.95. The summed E-state index contributed by atoms with van der Waals surface area (Å²) in [5, 5.41) is 45.8. The highest BCUT2D eigenvalue weighted by atomic mass is 16.7. The third kappa shape index (κ3) is 1.83. The van der Waals surface area contributed by atoms with Gasteiger partial charge in [-0.3, -0.25) is 0 Å². The fourth-order valence-corrected chi connectivity index (χ4v) is 1.31. The van der Waals surface area contributed by atoms with Crippen molar-refractivity contribution in [2.24, 2.45) is 0 Å². The first-order chi connectivity index (χ1) is 5.90. The highest BCUT2D eigenvalue weighted by Gasteiger charge is 2.49. The van der Waals surface area contributed by atoms with Crippen molar-refractivity contribution in [3.05, 3.63) is 0 Å². The maximum atomic E-state index is 9.38. The Labute approximate surface area is 75.0 Å². The molecule has 5 atom stereocenters. The van der Waals surface area contributed by atoms with Crippen LogP contribution in [0.5, 0.6) is 0 Å². The van der Waals surface area contributed by atoms with Gasteiger partial charge in [-0.15, -0.1) is 0 Å². The van der Waals surface area contributed by atoms with Crippen molar-refractivity contribution in [3.8, 4) is 0 Å². The molecule has 5 N–H and O–H groups in total. The first kappa shape index (κ1) is 10.8. The second-order valence-corrected chi connectivity index (χ2v) is 3.32. The van der Waals surface area contributed by atoms with E-state index < -0.39 is 36.8 Å². The van der Waals surface area contributed by atoms with Gasteiger partial charge in [-0.2, -0.15) is 0 Å². The molecule has 0 bridgehead atoms. The maximum Gasteiger partial charge on any atom is 0.192 e. The highest BCUT2D eigenvalue weighted by Crippen LogP contribution is 2.27. The van der Waals surface area contributed by atoms with Crippen molar-refractivity contribution in [1.82, 2.24) is 0 Å². The van der Waals surface area contributed by atoms with Gasteiger partial charge in [0.2, 0.25) is 0 Å². The number of hydrogen-bond donors (Lipinski definition) is 5. The summed E-state index contributed by atoms with van der Waals surface area (Å²) in [5.41, 5.74) is 0. The molecule has 0 spiro atoms. The predicted molar refractivity (Wildman–Crippen MR) is 40.6 cm³/mol. The van der Waals surface area contributed by atoms with E-state index in [1.807, 2.05) is 0 Å². The van der Waals surface area contributed by atoms with E-state index in [0.29, 0.717) is 0 Å². The molecule has 0 aliphatic carbocycles. The minimum Gasteiger partial charge on any atom is -0.394 e. The average Bonchev–Trinajstić information content (AvgIpc) is 2.08. The van der Waals surface area contributed by atoms with Crippen LogP contribution >= 0.6 is 0 Å². The minimum absolute atomic E-state index is 0.541. The Morgan fingerprint density at radius 3 is 2.23 bits per heavy atom. The van der Waals surface area contributed by atoms with Crippen molar-refractivity contribution in [2.45, 2.75) is 37.1 Å². The zero-order chi connectivity index (χ0) is 10.2. The van der Waals surface area contributed by atoms with E-state index in [1.54, 1.807) is 0 Å². The maximum absolute atomic E-state index is 9.38. The van der Waals surface area contributed by atoms with Crippen molar-refractivity contribution >= 4 is 0 Å². The third-order valence-corrected chi connectivity index (χ3v) is 2.17. The van der Waals surface area contributed by atoms with Crippen LogP contribution in [0.4, 0.5) is 0 Å². The van der Waals surface area contributed by atoms with E-state index >= 15 is 0 Å². The van der Waals surface area contributed by atoms with Crippen molar-refractivity contribution < 1.29 is 30.3 Å². The number of hydrogen-bond acceptors (Lipinski definition) is 6. The Balaban J connectivity index is 2.79. The summed E-state index contributed by atoms with van der Waals surface area (Å²) in [7, 11) is 0. The van der Waals surface area contributed by atoms with Crippen molar-refractivity contribution in [3.63, 3.8) is 0 Å². The van der Waals surface area contributed by atoms with Crippen LogP contribution < -0.4 is 0 Å². The van der Waals surface area contributed by atoms with Gasteiger partial charge in [-0.05, 0) is 6.92 Å². The number of aliphatic hydroxyl groups excluding tert-OH is 4. The summed E-state index contributed by atoms with van der Waals surface area (Å²) in [6, 6.07) is 0. The summed E-state index contributed by atoms with van der Waals surface area (Å²) in [5.74, 6) is -1.95. The Kier molecular flexibility index (Phi) is 2.91. The van der Waals surface area contributed by atoms with Crippen LogP contribution in [0.15, 0.2) is 0 Å². The largest absolute Gasteiger partial charge is 0.394 e. The molecule has 0 saturated carbocycles. The molecule has 1 rings (SSSR count). The first-order valence-electron chi connectivity index (χ1n) is 3.95. The molecule has 1 aliphatic heterocycles. The SMILES string of the molecule is CC1(O)O[C@H](CO)[C@H](O)[C@@H](O)[C@@H]1O. The van der Waals surface area contributed by atoms with Crippen LogP contribution in [0, 0.1) is 0 Å². The van der Waals surface area contributed by atoms with Gasteiger partial charge < -0.3 is 30.3 Å². The third-order valence-electron chi connectivity index (χ3n) is 2.17. The number of rotatable bonds is 1. The number of aliphatic hydroxyl groups is 5. The predicted octanol–water partition coefficient (Wildman–Crippen LogP) is -2.83. The van der Waals surface area contributed by atoms with E-state index in [4.69, 9.17) is 9.84 Å². The van der Waals surface area contributed by atoms with Gasteiger partial charge >= 0.3 is 0 Å². The topological polar surface area (TPSA) is 110 Å². The van der Waals surface area contributed by atoms with Crippen LogP contribution in [0.25, 0.3) is 0 Å². The van der Waals surface area contributed by atoms with Crippen LogP contribution in [-0.2, 0) is 4.74 Å². The van der Waals surface area contributed by atoms with E-state index in [-0.39, 0.29) is 0 Å². The second kappa shape index (κ2) is 3.49. The summed E-state index contributed by atoms with van der Waals surface area (Å²) in [4.78, 5) is 0. The highest BCUT2D eigenvalue weighted by molar-refractivity contribution is 4.93. The standard InChI is InChI=1S/C7H14O6/c1-7(12)6(11)5(10)4(9)3(2-8)13-7/h3-6,8-12H,2H2,1H3/t3-,4+,5-,6+,7?/m1/s1. The average molecular weight is 194 g/mol. The van der Waals surface area contributed by atoms with Gasteiger partial charge in [0.05, 0.1) is 6.61 Å². The summed E-state index contributed by atoms with van der Waals surface area (Å²) < 4.78 is 4.76. The van der Waals surface area contributed by atoms with Gasteiger partial charge in [-0.25, -0.2) is 0 Å². The molecule has 6 heteroatoms. The van der Waals surface area contributed by atoms with Crippen LogP contribution in [0.3, 0.4) is 0 Å². The monoisotopic (exact) mass is 194 g/mol. The molecular weight excluding hydrogens is 180 g/mol. The Morgan fingerprint density at radius 1 is 1.23 bits per heavy atom. The van der Waals surface area contributed by atoms with Gasteiger partial charge in [0, 0.05) is 0 Å². The zero-order valence-electron chi connectivity index (χ0n) is 7.16. The molecule has 0 aromatic rings.